The van der Waals surface area contributed by atoms with Gasteiger partial charge in [-0.15, -0.1) is 11.3 Å². The number of carbonyl (C=O) groups excluding carboxylic acids is 1. The number of halogens is 4. The van der Waals surface area contributed by atoms with Crippen LogP contribution in [0.1, 0.15) is 39.4 Å². The lowest BCUT2D eigenvalue weighted by Gasteiger charge is -2.32. The highest BCUT2D eigenvalue weighted by atomic mass is 35.5. The molecule has 10 heteroatoms. The van der Waals surface area contributed by atoms with E-state index in [2.05, 4.69) is 15.7 Å². The van der Waals surface area contributed by atoms with Crippen LogP contribution in [-0.2, 0) is 6.42 Å². The van der Waals surface area contributed by atoms with Gasteiger partial charge in [-0.3, -0.25) is 4.79 Å². The predicted octanol–water partition coefficient (Wildman–Crippen LogP) is 5.23. The highest BCUT2D eigenvalue weighted by Crippen LogP contribution is 2.46. The molecular weight excluding hydrogens is 437 g/mol. The number of rotatable bonds is 5. The monoisotopic (exact) mass is 454 g/mol. The van der Waals surface area contributed by atoms with E-state index in [1.54, 1.807) is 17.5 Å². The first-order chi connectivity index (χ1) is 14.3. The second kappa shape index (κ2) is 8.31. The summed E-state index contributed by atoms with van der Waals surface area (Å²) in [6.07, 6.45) is -4.17. The quantitative estimate of drug-likeness (QED) is 0.555. The number of hydrogen-bond acceptors (Lipinski definition) is 4. The van der Waals surface area contributed by atoms with E-state index in [1.165, 1.54) is 11.3 Å². The molecule has 2 unspecified atom stereocenters. The minimum Gasteiger partial charge on any atom is -0.361 e. The van der Waals surface area contributed by atoms with Crippen LogP contribution in [0.2, 0.25) is 5.02 Å². The maximum atomic E-state index is 13.7. The summed E-state index contributed by atoms with van der Waals surface area (Å²) in [5, 5.41) is 11.3. The fourth-order valence-electron chi connectivity index (χ4n) is 3.46. The highest BCUT2D eigenvalue weighted by molar-refractivity contribution is 7.10. The zero-order chi connectivity index (χ0) is 21.3. The van der Waals surface area contributed by atoms with Crippen LogP contribution in [0.4, 0.5) is 19.0 Å². The van der Waals surface area contributed by atoms with Crippen LogP contribution in [0.3, 0.4) is 0 Å². The summed E-state index contributed by atoms with van der Waals surface area (Å²) in [4.78, 5) is 13.3. The fraction of sp³-hybridized carbons (Fsp3) is 0.300. The molecular formula is C20H18ClF3N4OS. The molecule has 0 bridgehead atoms. The van der Waals surface area contributed by atoms with Gasteiger partial charge in [-0.2, -0.15) is 18.3 Å². The van der Waals surface area contributed by atoms with Gasteiger partial charge in [0.05, 0.1) is 6.04 Å². The number of carbonyl (C=O) groups is 1. The maximum Gasteiger partial charge on any atom is 0.410 e. The third-order valence-electron chi connectivity index (χ3n) is 4.94. The molecule has 5 nitrogen and oxygen atoms in total. The van der Waals surface area contributed by atoms with Gasteiger partial charge in [0.25, 0.3) is 5.91 Å². The Bertz CT molecular complexity index is 1020. The average Bonchev–Trinajstić information content (AvgIpc) is 3.36. The van der Waals surface area contributed by atoms with E-state index < -0.39 is 24.2 Å². The van der Waals surface area contributed by atoms with Crippen molar-refractivity contribution >= 4 is 34.7 Å². The molecule has 0 saturated carbocycles. The van der Waals surface area contributed by atoms with Gasteiger partial charge in [0.15, 0.2) is 11.7 Å². The molecule has 1 aliphatic heterocycles. The molecule has 0 aliphatic carbocycles. The Morgan fingerprint density at radius 1 is 1.27 bits per heavy atom. The van der Waals surface area contributed by atoms with Gasteiger partial charge in [0, 0.05) is 17.8 Å². The smallest absolute Gasteiger partial charge is 0.361 e. The van der Waals surface area contributed by atoms with Gasteiger partial charge in [-0.25, -0.2) is 4.68 Å². The van der Waals surface area contributed by atoms with Crippen LogP contribution in [0, 0.1) is 0 Å². The van der Waals surface area contributed by atoms with Crippen molar-refractivity contribution in [3.05, 3.63) is 69.0 Å². The number of amides is 1. The van der Waals surface area contributed by atoms with Crippen molar-refractivity contribution < 1.29 is 18.0 Å². The number of thiophene rings is 1. The van der Waals surface area contributed by atoms with E-state index in [-0.39, 0.29) is 23.0 Å². The summed E-state index contributed by atoms with van der Waals surface area (Å²) in [5.74, 6) is -0.593. The average molecular weight is 455 g/mol. The zero-order valence-electron chi connectivity index (χ0n) is 15.6. The number of aromatic nitrogens is 2. The molecule has 3 heterocycles. The molecule has 1 aliphatic rings. The normalized spacial score (nSPS) is 18.5. The Morgan fingerprint density at radius 3 is 2.70 bits per heavy atom. The maximum absolute atomic E-state index is 13.7. The highest BCUT2D eigenvalue weighted by Gasteiger charge is 2.48. The molecule has 158 valence electrons. The number of alkyl halides is 3. The summed E-state index contributed by atoms with van der Waals surface area (Å²) < 4.78 is 42.0. The Hall–Kier alpha value is -2.52. The molecule has 3 aromatic rings. The second-order valence-corrected chi connectivity index (χ2v) is 8.31. The van der Waals surface area contributed by atoms with E-state index in [1.807, 2.05) is 30.3 Å². The van der Waals surface area contributed by atoms with Crippen molar-refractivity contribution in [2.75, 3.05) is 11.9 Å². The third kappa shape index (κ3) is 4.17. The topological polar surface area (TPSA) is 59.0 Å². The van der Waals surface area contributed by atoms with E-state index in [0.717, 1.165) is 15.1 Å². The first-order valence-corrected chi connectivity index (χ1v) is 10.6. The van der Waals surface area contributed by atoms with E-state index >= 15 is 0 Å². The first kappa shape index (κ1) is 20.7. The van der Waals surface area contributed by atoms with E-state index in [4.69, 9.17) is 11.6 Å². The van der Waals surface area contributed by atoms with Crippen molar-refractivity contribution in [1.82, 2.24) is 15.1 Å². The summed E-state index contributed by atoms with van der Waals surface area (Å²) in [6, 6.07) is 10.7. The molecule has 0 saturated heterocycles. The number of nitrogens with one attached hydrogen (secondary N) is 2. The van der Waals surface area contributed by atoms with Gasteiger partial charge in [0.2, 0.25) is 0 Å². The molecule has 0 spiro atoms. The Morgan fingerprint density at radius 2 is 2.03 bits per heavy atom. The largest absolute Gasteiger partial charge is 0.410 e. The summed E-state index contributed by atoms with van der Waals surface area (Å²) in [7, 11) is 0. The van der Waals surface area contributed by atoms with Gasteiger partial charge in [-0.1, -0.05) is 48.0 Å². The summed E-state index contributed by atoms with van der Waals surface area (Å²) in [6.45, 7) is 0.315. The zero-order valence-corrected chi connectivity index (χ0v) is 17.2. The second-order valence-electron chi connectivity index (χ2n) is 6.95. The standard InChI is InChI=1S/C20H18ClF3N4OS/c21-16-17(19(29)25-9-8-12-5-2-1-3-6-12)27-28-15(20(22,23)24)11-13(26-18(16)28)14-7-4-10-30-14/h1-7,10,13,15,26H,8-9,11H2,(H,25,29). The lowest BCUT2D eigenvalue weighted by molar-refractivity contribution is -0.173. The van der Waals surface area contributed by atoms with Crippen molar-refractivity contribution in [3.63, 3.8) is 0 Å². The molecule has 2 atom stereocenters. The van der Waals surface area contributed by atoms with Crippen molar-refractivity contribution in [1.29, 1.82) is 0 Å². The predicted molar refractivity (Wildman–Crippen MR) is 110 cm³/mol. The molecule has 0 radical (unpaired) electrons. The molecule has 2 N–H and O–H groups in total. The lowest BCUT2D eigenvalue weighted by atomic mass is 10.0. The fourth-order valence-corrected chi connectivity index (χ4v) is 4.52. The molecule has 0 fully saturated rings. The van der Waals surface area contributed by atoms with E-state index in [0.29, 0.717) is 13.0 Å². The van der Waals surface area contributed by atoms with Crippen LogP contribution in [0.15, 0.2) is 47.8 Å². The van der Waals surface area contributed by atoms with Crippen LogP contribution in [0.5, 0.6) is 0 Å². The van der Waals surface area contributed by atoms with Crippen LogP contribution < -0.4 is 10.6 Å². The molecule has 1 aromatic carbocycles. The minimum absolute atomic E-state index is 0.0110. The lowest BCUT2D eigenvalue weighted by Crippen LogP contribution is -2.35. The van der Waals surface area contributed by atoms with Crippen molar-refractivity contribution in [3.8, 4) is 0 Å². The van der Waals surface area contributed by atoms with Gasteiger partial charge in [-0.05, 0) is 23.4 Å². The molecule has 2 aromatic heterocycles. The summed E-state index contributed by atoms with van der Waals surface area (Å²) in [5.41, 5.74) is 0.818. The number of hydrogen-bond donors (Lipinski definition) is 2. The van der Waals surface area contributed by atoms with Gasteiger partial charge < -0.3 is 10.6 Å². The molecule has 1 amide bonds. The number of fused-ring (bicyclic) bond motifs is 1. The molecule has 30 heavy (non-hydrogen) atoms. The van der Waals surface area contributed by atoms with Crippen LogP contribution in [-0.4, -0.2) is 28.4 Å². The number of anilines is 1. The van der Waals surface area contributed by atoms with Crippen LogP contribution >= 0.6 is 22.9 Å². The van der Waals surface area contributed by atoms with Crippen LogP contribution in [0.25, 0.3) is 0 Å². The number of nitrogens with zero attached hydrogens (tertiary/aromatic N) is 2. The van der Waals surface area contributed by atoms with Crippen molar-refractivity contribution in [2.45, 2.75) is 31.1 Å². The Kier molecular flexibility index (Phi) is 5.75. The Labute approximate surface area is 179 Å². The number of benzene rings is 1. The first-order valence-electron chi connectivity index (χ1n) is 9.31. The third-order valence-corrected chi connectivity index (χ3v) is 6.28. The SMILES string of the molecule is O=C(NCCc1ccccc1)c1nn2c(c1Cl)NC(c1cccs1)CC2C(F)(F)F. The van der Waals surface area contributed by atoms with E-state index in [9.17, 15) is 18.0 Å². The van der Waals surface area contributed by atoms with Crippen molar-refractivity contribution in [2.24, 2.45) is 0 Å². The van der Waals surface area contributed by atoms with Gasteiger partial charge in [0.1, 0.15) is 10.8 Å². The Balaban J connectivity index is 1.56. The minimum atomic E-state index is -4.53. The van der Waals surface area contributed by atoms with Gasteiger partial charge >= 0.3 is 6.18 Å². The molecule has 4 rings (SSSR count). The summed E-state index contributed by atoms with van der Waals surface area (Å²) >= 11 is 7.67.